The Labute approximate surface area is 179 Å². The lowest BCUT2D eigenvalue weighted by Crippen LogP contribution is -2.15. The van der Waals surface area contributed by atoms with Crippen LogP contribution in [0.5, 0.6) is 5.75 Å². The molecule has 1 amide bonds. The number of nitrogens with zero attached hydrogens (tertiary/aromatic N) is 1. The number of amides is 1. The van der Waals surface area contributed by atoms with Gasteiger partial charge in [-0.15, -0.1) is 0 Å². The zero-order chi connectivity index (χ0) is 21.6. The smallest absolute Gasteiger partial charge is 0.273 e. The number of ether oxygens (including phenoxy) is 1. The van der Waals surface area contributed by atoms with E-state index in [9.17, 15) is 9.59 Å². The van der Waals surface area contributed by atoms with Crippen LogP contribution in [0.15, 0.2) is 84.9 Å². The van der Waals surface area contributed by atoms with Gasteiger partial charge in [0.15, 0.2) is 5.78 Å². The molecule has 0 unspecified atom stereocenters. The molecule has 4 rings (SSSR count). The lowest BCUT2D eigenvalue weighted by atomic mass is 10.0. The fourth-order valence-corrected chi connectivity index (χ4v) is 3.20. The number of ketones is 1. The maximum absolute atomic E-state index is 12.9. The highest BCUT2D eigenvalue weighted by atomic mass is 16.5. The Bertz CT molecular complexity index is 1200. The first-order chi connectivity index (χ1) is 15.2. The molecule has 6 heteroatoms. The van der Waals surface area contributed by atoms with Crippen LogP contribution in [0.25, 0.3) is 11.3 Å². The minimum atomic E-state index is -0.377. The standard InChI is InChI=1S/C25H21N3O3/c1-2-31-19-14-12-17(13-15-19)22-16-23(28-27-22)25(30)26-21-11-7-6-10-20(21)24(29)18-8-4-3-5-9-18/h3-16H,2H2,1H3,(H,26,30)(H,27,28). The maximum atomic E-state index is 12.9. The van der Waals surface area contributed by atoms with Crippen molar-refractivity contribution in [2.24, 2.45) is 0 Å². The first kappa shape index (κ1) is 20.1. The molecule has 1 heterocycles. The van der Waals surface area contributed by atoms with E-state index in [0.29, 0.717) is 34.8 Å². The van der Waals surface area contributed by atoms with Crippen molar-refractivity contribution >= 4 is 17.4 Å². The van der Waals surface area contributed by atoms with Gasteiger partial charge in [0, 0.05) is 16.7 Å². The van der Waals surface area contributed by atoms with Gasteiger partial charge in [-0.1, -0.05) is 42.5 Å². The van der Waals surface area contributed by atoms with Crippen LogP contribution >= 0.6 is 0 Å². The number of carbonyl (C=O) groups excluding carboxylic acids is 2. The molecular weight excluding hydrogens is 390 g/mol. The summed E-state index contributed by atoms with van der Waals surface area (Å²) in [7, 11) is 0. The fourth-order valence-electron chi connectivity index (χ4n) is 3.20. The molecule has 0 aliphatic heterocycles. The predicted octanol–water partition coefficient (Wildman–Crippen LogP) is 4.96. The zero-order valence-corrected chi connectivity index (χ0v) is 17.0. The van der Waals surface area contributed by atoms with E-state index in [1.165, 1.54) is 0 Å². The van der Waals surface area contributed by atoms with E-state index in [4.69, 9.17) is 4.74 Å². The van der Waals surface area contributed by atoms with Crippen LogP contribution in [0.4, 0.5) is 5.69 Å². The Morgan fingerprint density at radius 1 is 0.935 bits per heavy atom. The second-order valence-electron chi connectivity index (χ2n) is 6.82. The van der Waals surface area contributed by atoms with Crippen molar-refractivity contribution in [2.45, 2.75) is 6.92 Å². The number of hydrogen-bond donors (Lipinski definition) is 2. The van der Waals surface area contributed by atoms with E-state index in [2.05, 4.69) is 15.5 Å². The number of H-pyrrole nitrogens is 1. The number of aromatic amines is 1. The van der Waals surface area contributed by atoms with Gasteiger partial charge in [0.25, 0.3) is 5.91 Å². The minimum absolute atomic E-state index is 0.156. The van der Waals surface area contributed by atoms with E-state index in [0.717, 1.165) is 11.3 Å². The lowest BCUT2D eigenvalue weighted by Gasteiger charge is -2.09. The molecule has 4 aromatic rings. The third-order valence-corrected chi connectivity index (χ3v) is 4.74. The second-order valence-corrected chi connectivity index (χ2v) is 6.82. The molecule has 0 atom stereocenters. The van der Waals surface area contributed by atoms with Crippen molar-refractivity contribution in [3.05, 3.63) is 102 Å². The summed E-state index contributed by atoms with van der Waals surface area (Å²) in [5.41, 5.74) is 3.22. The molecule has 154 valence electrons. The van der Waals surface area contributed by atoms with E-state index in [1.807, 2.05) is 49.4 Å². The summed E-state index contributed by atoms with van der Waals surface area (Å²) in [6.07, 6.45) is 0. The number of carbonyl (C=O) groups is 2. The Morgan fingerprint density at radius 3 is 2.39 bits per heavy atom. The van der Waals surface area contributed by atoms with Crippen LogP contribution < -0.4 is 10.1 Å². The average Bonchev–Trinajstić information content (AvgIpc) is 3.31. The Hall–Kier alpha value is -4.19. The number of para-hydroxylation sites is 1. The highest BCUT2D eigenvalue weighted by molar-refractivity contribution is 6.15. The van der Waals surface area contributed by atoms with E-state index in [-0.39, 0.29) is 11.7 Å². The lowest BCUT2D eigenvalue weighted by molar-refractivity contribution is 0.102. The maximum Gasteiger partial charge on any atom is 0.273 e. The second kappa shape index (κ2) is 9.09. The Morgan fingerprint density at radius 2 is 1.65 bits per heavy atom. The number of hydrogen-bond acceptors (Lipinski definition) is 4. The third kappa shape index (κ3) is 4.53. The van der Waals surface area contributed by atoms with E-state index < -0.39 is 0 Å². The monoisotopic (exact) mass is 411 g/mol. The van der Waals surface area contributed by atoms with Gasteiger partial charge in [0.2, 0.25) is 0 Å². The van der Waals surface area contributed by atoms with Crippen molar-refractivity contribution in [3.8, 4) is 17.0 Å². The molecule has 1 aromatic heterocycles. The van der Waals surface area contributed by atoms with Crippen LogP contribution in [-0.2, 0) is 0 Å². The molecule has 0 fully saturated rings. The van der Waals surface area contributed by atoms with Crippen molar-refractivity contribution in [2.75, 3.05) is 11.9 Å². The van der Waals surface area contributed by atoms with Crippen molar-refractivity contribution in [1.29, 1.82) is 0 Å². The van der Waals surface area contributed by atoms with Gasteiger partial charge in [0.1, 0.15) is 11.4 Å². The van der Waals surface area contributed by atoms with Crippen molar-refractivity contribution < 1.29 is 14.3 Å². The zero-order valence-electron chi connectivity index (χ0n) is 17.0. The topological polar surface area (TPSA) is 84.1 Å². The SMILES string of the molecule is CCOc1ccc(-c2cc(C(=O)Nc3ccccc3C(=O)c3ccccc3)[nH]n2)cc1. The minimum Gasteiger partial charge on any atom is -0.494 e. The average molecular weight is 411 g/mol. The molecule has 2 N–H and O–H groups in total. The fraction of sp³-hybridized carbons (Fsp3) is 0.0800. The molecule has 0 saturated carbocycles. The molecule has 6 nitrogen and oxygen atoms in total. The molecule has 0 bridgehead atoms. The van der Waals surface area contributed by atoms with Gasteiger partial charge < -0.3 is 10.1 Å². The summed E-state index contributed by atoms with van der Waals surface area (Å²) >= 11 is 0. The van der Waals surface area contributed by atoms with Gasteiger partial charge in [-0.3, -0.25) is 14.7 Å². The number of benzene rings is 3. The van der Waals surface area contributed by atoms with Crippen LogP contribution in [0.1, 0.15) is 33.3 Å². The van der Waals surface area contributed by atoms with Gasteiger partial charge in [-0.25, -0.2) is 0 Å². The van der Waals surface area contributed by atoms with Crippen molar-refractivity contribution in [3.63, 3.8) is 0 Å². The molecule has 0 aliphatic rings. The van der Waals surface area contributed by atoms with Crippen LogP contribution in [0, 0.1) is 0 Å². The highest BCUT2D eigenvalue weighted by Crippen LogP contribution is 2.23. The number of aromatic nitrogens is 2. The number of rotatable bonds is 7. The molecule has 0 spiro atoms. The van der Waals surface area contributed by atoms with Gasteiger partial charge >= 0.3 is 0 Å². The third-order valence-electron chi connectivity index (χ3n) is 4.74. The summed E-state index contributed by atoms with van der Waals surface area (Å²) in [6, 6.07) is 25.1. The van der Waals surface area contributed by atoms with Crippen molar-refractivity contribution in [1.82, 2.24) is 10.2 Å². The number of anilines is 1. The predicted molar refractivity (Wildman–Crippen MR) is 119 cm³/mol. The van der Waals surface area contributed by atoms with Crippen LogP contribution in [0.2, 0.25) is 0 Å². The normalized spacial score (nSPS) is 10.5. The van der Waals surface area contributed by atoms with Crippen LogP contribution in [-0.4, -0.2) is 28.5 Å². The van der Waals surface area contributed by atoms with E-state index in [1.54, 1.807) is 42.5 Å². The summed E-state index contributed by atoms with van der Waals surface area (Å²) in [5.74, 6) is 0.244. The Balaban J connectivity index is 1.53. The van der Waals surface area contributed by atoms with Gasteiger partial charge in [-0.2, -0.15) is 5.10 Å². The summed E-state index contributed by atoms with van der Waals surface area (Å²) < 4.78 is 5.45. The first-order valence-electron chi connectivity index (χ1n) is 9.94. The first-order valence-corrected chi connectivity index (χ1v) is 9.94. The molecule has 0 saturated heterocycles. The summed E-state index contributed by atoms with van der Waals surface area (Å²) in [5, 5.41) is 9.82. The molecule has 3 aromatic carbocycles. The van der Waals surface area contributed by atoms with E-state index >= 15 is 0 Å². The quantitative estimate of drug-likeness (QED) is 0.421. The number of nitrogens with one attached hydrogen (secondary N) is 2. The summed E-state index contributed by atoms with van der Waals surface area (Å²) in [6.45, 7) is 2.53. The molecule has 0 radical (unpaired) electrons. The Kier molecular flexibility index (Phi) is 5.89. The largest absolute Gasteiger partial charge is 0.494 e. The van der Waals surface area contributed by atoms with Gasteiger partial charge in [0.05, 0.1) is 18.0 Å². The molecule has 31 heavy (non-hydrogen) atoms. The molecule has 0 aliphatic carbocycles. The van der Waals surface area contributed by atoms with Crippen LogP contribution in [0.3, 0.4) is 0 Å². The molecular formula is C25H21N3O3. The van der Waals surface area contributed by atoms with Gasteiger partial charge in [-0.05, 0) is 49.4 Å². The highest BCUT2D eigenvalue weighted by Gasteiger charge is 2.17. The summed E-state index contributed by atoms with van der Waals surface area (Å²) in [4.78, 5) is 25.7.